The lowest BCUT2D eigenvalue weighted by Crippen LogP contribution is -2.39. The van der Waals surface area contributed by atoms with Crippen LogP contribution < -0.4 is 5.32 Å². The Labute approximate surface area is 170 Å². The van der Waals surface area contributed by atoms with Crippen molar-refractivity contribution in [2.24, 2.45) is 5.41 Å². The first-order valence-electron chi connectivity index (χ1n) is 9.69. The molecule has 154 valence electrons. The van der Waals surface area contributed by atoms with Crippen molar-refractivity contribution in [1.29, 1.82) is 0 Å². The number of carbonyl (C=O) groups is 2. The average Bonchev–Trinajstić information content (AvgIpc) is 2.58. The summed E-state index contributed by atoms with van der Waals surface area (Å²) in [7, 11) is 0. The molecule has 3 rings (SSSR count). The summed E-state index contributed by atoms with van der Waals surface area (Å²) in [5.74, 6) is -1.27. The third-order valence-electron chi connectivity index (χ3n) is 5.22. The first-order chi connectivity index (χ1) is 13.5. The molecule has 2 aliphatic rings. The Morgan fingerprint density at radius 2 is 2.00 bits per heavy atom. The summed E-state index contributed by atoms with van der Waals surface area (Å²) in [6, 6.07) is 6.13. The largest absolute Gasteiger partial charge is 0.460 e. The first kappa shape index (κ1) is 20.8. The molecule has 1 atom stereocenters. The van der Waals surface area contributed by atoms with Crippen molar-refractivity contribution in [2.45, 2.75) is 59.5 Å². The molecular formula is C22H26N2O5. The second-order valence-electron chi connectivity index (χ2n) is 8.74. The number of ketones is 1. The summed E-state index contributed by atoms with van der Waals surface area (Å²) in [4.78, 5) is 36.9. The molecule has 1 unspecified atom stereocenters. The van der Waals surface area contributed by atoms with Crippen LogP contribution in [0.5, 0.6) is 0 Å². The molecule has 1 aliphatic carbocycles. The van der Waals surface area contributed by atoms with E-state index in [1.807, 2.05) is 13.8 Å². The van der Waals surface area contributed by atoms with E-state index in [2.05, 4.69) is 5.32 Å². The fourth-order valence-electron chi connectivity index (χ4n) is 4.14. The van der Waals surface area contributed by atoms with E-state index in [9.17, 15) is 19.7 Å². The number of nitrogens with one attached hydrogen (secondary N) is 1. The summed E-state index contributed by atoms with van der Waals surface area (Å²) in [6.07, 6.45) is 0.679. The molecule has 1 heterocycles. The van der Waals surface area contributed by atoms with Gasteiger partial charge in [0.1, 0.15) is 0 Å². The fraction of sp³-hybridized carbons (Fsp3) is 0.455. The van der Waals surface area contributed by atoms with Crippen LogP contribution in [0.3, 0.4) is 0 Å². The van der Waals surface area contributed by atoms with E-state index < -0.39 is 16.8 Å². The van der Waals surface area contributed by atoms with Gasteiger partial charge in [-0.1, -0.05) is 26.0 Å². The van der Waals surface area contributed by atoms with Crippen molar-refractivity contribution in [3.8, 4) is 0 Å². The van der Waals surface area contributed by atoms with Crippen molar-refractivity contribution >= 4 is 17.4 Å². The summed E-state index contributed by atoms with van der Waals surface area (Å²) < 4.78 is 5.44. The Kier molecular flexibility index (Phi) is 5.34. The number of dihydropyridines is 1. The van der Waals surface area contributed by atoms with Crippen molar-refractivity contribution in [3.05, 3.63) is 62.5 Å². The minimum atomic E-state index is -0.694. The molecular weight excluding hydrogens is 372 g/mol. The van der Waals surface area contributed by atoms with Crippen LogP contribution >= 0.6 is 0 Å². The Balaban J connectivity index is 2.20. The van der Waals surface area contributed by atoms with Crippen molar-refractivity contribution < 1.29 is 19.2 Å². The quantitative estimate of drug-likeness (QED) is 0.465. The van der Waals surface area contributed by atoms with Gasteiger partial charge in [0.15, 0.2) is 5.78 Å². The lowest BCUT2D eigenvalue weighted by atomic mass is 9.68. The lowest BCUT2D eigenvalue weighted by molar-refractivity contribution is -0.384. The van der Waals surface area contributed by atoms with Gasteiger partial charge in [0.25, 0.3) is 5.69 Å². The monoisotopic (exact) mass is 398 g/mol. The molecule has 0 fully saturated rings. The van der Waals surface area contributed by atoms with Crippen LogP contribution in [0.25, 0.3) is 0 Å². The zero-order chi connectivity index (χ0) is 21.5. The number of hydrogen-bond acceptors (Lipinski definition) is 6. The number of nitro groups is 1. The molecule has 29 heavy (non-hydrogen) atoms. The average molecular weight is 398 g/mol. The zero-order valence-electron chi connectivity index (χ0n) is 17.4. The molecule has 1 N–H and O–H groups in total. The van der Waals surface area contributed by atoms with Gasteiger partial charge in [0.05, 0.1) is 16.6 Å². The SMILES string of the molecule is CC1=C(C(=O)OC(C)C)C(c2cccc([N+](=O)[O-])c2)C2=C(CC(C)(C)CC2=O)N1. The molecule has 1 aromatic rings. The number of hydrogen-bond donors (Lipinski definition) is 1. The van der Waals surface area contributed by atoms with Crippen LogP contribution in [0.1, 0.15) is 58.9 Å². The maximum Gasteiger partial charge on any atom is 0.337 e. The predicted octanol–water partition coefficient (Wildman–Crippen LogP) is 4.15. The third kappa shape index (κ3) is 4.09. The minimum absolute atomic E-state index is 0.0531. The van der Waals surface area contributed by atoms with Gasteiger partial charge in [0, 0.05) is 41.4 Å². The zero-order valence-corrected chi connectivity index (χ0v) is 17.4. The minimum Gasteiger partial charge on any atom is -0.460 e. The van der Waals surface area contributed by atoms with E-state index in [0.717, 1.165) is 5.70 Å². The molecule has 0 saturated carbocycles. The van der Waals surface area contributed by atoms with Crippen LogP contribution in [-0.2, 0) is 14.3 Å². The van der Waals surface area contributed by atoms with Crippen LogP contribution in [0.15, 0.2) is 46.8 Å². The summed E-state index contributed by atoms with van der Waals surface area (Å²) in [6.45, 7) is 9.34. The molecule has 7 heteroatoms. The smallest absolute Gasteiger partial charge is 0.337 e. The number of ether oxygens (including phenoxy) is 1. The van der Waals surface area contributed by atoms with Crippen molar-refractivity contribution in [3.63, 3.8) is 0 Å². The summed E-state index contributed by atoms with van der Waals surface area (Å²) >= 11 is 0. The number of allylic oxidation sites excluding steroid dienone is 3. The Morgan fingerprint density at radius 3 is 2.62 bits per heavy atom. The van der Waals surface area contributed by atoms with E-state index in [0.29, 0.717) is 35.2 Å². The van der Waals surface area contributed by atoms with Gasteiger partial charge >= 0.3 is 5.97 Å². The van der Waals surface area contributed by atoms with Crippen LogP contribution in [0, 0.1) is 15.5 Å². The number of carbonyl (C=O) groups excluding carboxylic acids is 2. The van der Waals surface area contributed by atoms with E-state index in [4.69, 9.17) is 4.74 Å². The summed E-state index contributed by atoms with van der Waals surface area (Å²) in [5, 5.41) is 14.6. The van der Waals surface area contributed by atoms with Gasteiger partial charge in [0.2, 0.25) is 0 Å². The highest BCUT2D eigenvalue weighted by Crippen LogP contribution is 2.47. The molecule has 0 saturated heterocycles. The molecule has 1 aliphatic heterocycles. The Morgan fingerprint density at radius 1 is 1.31 bits per heavy atom. The normalized spacial score (nSPS) is 21.0. The second-order valence-corrected chi connectivity index (χ2v) is 8.74. The number of nitrogens with zero attached hydrogens (tertiary/aromatic N) is 1. The van der Waals surface area contributed by atoms with Gasteiger partial charge in [-0.25, -0.2) is 4.79 Å². The topological polar surface area (TPSA) is 98.5 Å². The molecule has 0 aromatic heterocycles. The summed E-state index contributed by atoms with van der Waals surface area (Å²) in [5.41, 5.74) is 2.47. The van der Waals surface area contributed by atoms with Crippen LogP contribution in [0.4, 0.5) is 5.69 Å². The van der Waals surface area contributed by atoms with Crippen LogP contribution in [0.2, 0.25) is 0 Å². The van der Waals surface area contributed by atoms with E-state index in [1.165, 1.54) is 12.1 Å². The van der Waals surface area contributed by atoms with Gasteiger partial charge in [-0.3, -0.25) is 14.9 Å². The number of rotatable bonds is 4. The highest BCUT2D eigenvalue weighted by Gasteiger charge is 2.43. The third-order valence-corrected chi connectivity index (χ3v) is 5.22. The maximum atomic E-state index is 13.1. The molecule has 0 radical (unpaired) electrons. The maximum absolute atomic E-state index is 13.1. The number of benzene rings is 1. The standard InChI is InChI=1S/C22H26N2O5/c1-12(2)29-21(26)18-13(3)23-16-10-22(4,5)11-17(25)20(16)19(18)14-7-6-8-15(9-14)24(27)28/h6-9,12,19,23H,10-11H2,1-5H3. The van der Waals surface area contributed by atoms with Gasteiger partial charge < -0.3 is 10.1 Å². The second kappa shape index (κ2) is 7.46. The number of Topliss-reactive ketones (excluding diaryl/α,β-unsaturated/α-hetero) is 1. The van der Waals surface area contributed by atoms with Crippen LogP contribution in [-0.4, -0.2) is 22.8 Å². The van der Waals surface area contributed by atoms with E-state index in [-0.39, 0.29) is 23.0 Å². The van der Waals surface area contributed by atoms with E-state index >= 15 is 0 Å². The van der Waals surface area contributed by atoms with Gasteiger partial charge in [-0.15, -0.1) is 0 Å². The highest BCUT2D eigenvalue weighted by atomic mass is 16.6. The molecule has 1 aromatic carbocycles. The van der Waals surface area contributed by atoms with Crippen molar-refractivity contribution in [1.82, 2.24) is 5.32 Å². The number of esters is 1. The fourth-order valence-corrected chi connectivity index (χ4v) is 4.14. The predicted molar refractivity (Wildman–Crippen MR) is 108 cm³/mol. The first-order valence-corrected chi connectivity index (χ1v) is 9.69. The molecule has 0 bridgehead atoms. The molecule has 0 amide bonds. The molecule has 7 nitrogen and oxygen atoms in total. The van der Waals surface area contributed by atoms with Gasteiger partial charge in [-0.05, 0) is 38.2 Å². The Bertz CT molecular complexity index is 956. The Hall–Kier alpha value is -2.96. The van der Waals surface area contributed by atoms with Crippen molar-refractivity contribution in [2.75, 3.05) is 0 Å². The van der Waals surface area contributed by atoms with E-state index in [1.54, 1.807) is 32.9 Å². The number of nitro benzene ring substituents is 1. The number of non-ortho nitro benzene ring substituents is 1. The van der Waals surface area contributed by atoms with Gasteiger partial charge in [-0.2, -0.15) is 0 Å². The lowest BCUT2D eigenvalue weighted by Gasteiger charge is -2.39. The highest BCUT2D eigenvalue weighted by molar-refractivity contribution is 6.04. The molecule has 0 spiro atoms.